The molecule has 0 bridgehead atoms. The number of hydrogen-bond acceptors (Lipinski definition) is 3. The van der Waals surface area contributed by atoms with Gasteiger partial charge in [0.25, 0.3) is 0 Å². The molecule has 178 valence electrons. The van der Waals surface area contributed by atoms with E-state index < -0.39 is 0 Å². The predicted molar refractivity (Wildman–Crippen MR) is 155 cm³/mol. The van der Waals surface area contributed by atoms with Crippen molar-refractivity contribution in [3.8, 4) is 28.4 Å². The summed E-state index contributed by atoms with van der Waals surface area (Å²) in [4.78, 5) is 9.71. The van der Waals surface area contributed by atoms with Crippen LogP contribution in [0.3, 0.4) is 0 Å². The summed E-state index contributed by atoms with van der Waals surface area (Å²) in [5.41, 5.74) is 7.14. The average Bonchev–Trinajstić information content (AvgIpc) is 3.54. The van der Waals surface area contributed by atoms with Gasteiger partial charge in [-0.05, 0) is 29.8 Å². The number of nitrogens with zero attached hydrogens (tertiary/aromatic N) is 3. The van der Waals surface area contributed by atoms with Crippen molar-refractivity contribution >= 4 is 43.7 Å². The number of rotatable bonds is 3. The van der Waals surface area contributed by atoms with Gasteiger partial charge in [-0.3, -0.25) is 4.57 Å². The van der Waals surface area contributed by atoms with Gasteiger partial charge in [-0.2, -0.15) is 0 Å². The highest BCUT2D eigenvalue weighted by Crippen LogP contribution is 2.45. The summed E-state index contributed by atoms with van der Waals surface area (Å²) in [6.07, 6.45) is 1.89. The van der Waals surface area contributed by atoms with Crippen molar-refractivity contribution in [2.75, 3.05) is 0 Å². The van der Waals surface area contributed by atoms with Crippen molar-refractivity contribution in [3.05, 3.63) is 128 Å². The van der Waals surface area contributed by atoms with E-state index >= 15 is 0 Å². The second-order valence-corrected chi connectivity index (χ2v) is 9.46. The summed E-state index contributed by atoms with van der Waals surface area (Å²) in [5, 5.41) is 4.28. The van der Waals surface area contributed by atoms with Crippen LogP contribution < -0.4 is 0 Å². The third-order valence-corrected chi connectivity index (χ3v) is 7.27. The van der Waals surface area contributed by atoms with Crippen molar-refractivity contribution in [2.24, 2.45) is 0 Å². The molecule has 0 saturated carbocycles. The Morgan fingerprint density at radius 1 is 0.579 bits per heavy atom. The quantitative estimate of drug-likeness (QED) is 0.250. The topological polar surface area (TPSA) is 43.9 Å². The Morgan fingerprint density at radius 2 is 1.29 bits per heavy atom. The molecule has 4 nitrogen and oxygen atoms in total. The van der Waals surface area contributed by atoms with Crippen molar-refractivity contribution in [2.45, 2.75) is 0 Å². The number of aromatic nitrogens is 3. The summed E-state index contributed by atoms with van der Waals surface area (Å²) in [7, 11) is 0. The summed E-state index contributed by atoms with van der Waals surface area (Å²) >= 11 is 0. The number of furan rings is 1. The van der Waals surface area contributed by atoms with E-state index in [1.165, 1.54) is 0 Å². The minimum atomic E-state index is 0.646. The molecule has 8 rings (SSSR count). The van der Waals surface area contributed by atoms with Gasteiger partial charge in [-0.25, -0.2) is 9.97 Å². The Kier molecular flexibility index (Phi) is 4.49. The van der Waals surface area contributed by atoms with Crippen LogP contribution in [0, 0.1) is 0 Å². The minimum Gasteiger partial charge on any atom is -0.455 e. The van der Waals surface area contributed by atoms with Gasteiger partial charge in [0.2, 0.25) is 5.95 Å². The summed E-state index contributed by atoms with van der Waals surface area (Å²) in [5.74, 6) is 1.52. The molecule has 0 N–H and O–H groups in total. The molecule has 0 aliphatic rings. The van der Waals surface area contributed by atoms with Gasteiger partial charge in [0, 0.05) is 33.5 Å². The smallest absolute Gasteiger partial charge is 0.235 e. The molecule has 8 aromatic rings. The Morgan fingerprint density at radius 3 is 2.13 bits per heavy atom. The van der Waals surface area contributed by atoms with Crippen LogP contribution >= 0.6 is 0 Å². The lowest BCUT2D eigenvalue weighted by Gasteiger charge is -2.07. The average molecular weight is 488 g/mol. The van der Waals surface area contributed by atoms with E-state index in [2.05, 4.69) is 89.5 Å². The van der Waals surface area contributed by atoms with E-state index in [4.69, 9.17) is 14.4 Å². The second kappa shape index (κ2) is 8.15. The van der Waals surface area contributed by atoms with Gasteiger partial charge in [-0.15, -0.1) is 0 Å². The monoisotopic (exact) mass is 487 g/mol. The van der Waals surface area contributed by atoms with Crippen molar-refractivity contribution < 1.29 is 4.42 Å². The van der Waals surface area contributed by atoms with Crippen LogP contribution in [0.25, 0.3) is 72.1 Å². The number of fused-ring (bicyclic) bond motifs is 6. The molecule has 0 amide bonds. The highest BCUT2D eigenvalue weighted by Gasteiger charge is 2.23. The van der Waals surface area contributed by atoms with Crippen LogP contribution in [0.4, 0.5) is 0 Å². The SMILES string of the molecule is c1ccc(-c2oc3c(ccc4c3c3ccccc3n4-c3ncc4ccccc4n3)c2-c2ccccc2)cc1. The molecule has 4 heteroatoms. The fraction of sp³-hybridized carbons (Fsp3) is 0. The Hall–Kier alpha value is -5.22. The molecule has 0 saturated heterocycles. The van der Waals surface area contributed by atoms with E-state index in [1.54, 1.807) is 0 Å². The molecule has 38 heavy (non-hydrogen) atoms. The van der Waals surface area contributed by atoms with Crippen LogP contribution in [0.15, 0.2) is 132 Å². The zero-order chi connectivity index (χ0) is 25.1. The van der Waals surface area contributed by atoms with Crippen LogP contribution in [0.1, 0.15) is 0 Å². The molecule has 0 fully saturated rings. The second-order valence-electron chi connectivity index (χ2n) is 9.46. The molecule has 3 heterocycles. The number of hydrogen-bond donors (Lipinski definition) is 0. The van der Waals surface area contributed by atoms with E-state index in [9.17, 15) is 0 Å². The molecule has 0 spiro atoms. The van der Waals surface area contributed by atoms with Crippen molar-refractivity contribution in [1.29, 1.82) is 0 Å². The summed E-state index contributed by atoms with van der Waals surface area (Å²) in [6, 6.07) is 41.7. The van der Waals surface area contributed by atoms with Crippen molar-refractivity contribution in [1.82, 2.24) is 14.5 Å². The van der Waals surface area contributed by atoms with E-state index in [0.717, 1.165) is 66.1 Å². The Bertz CT molecular complexity index is 2120. The molecule has 0 aliphatic carbocycles. The summed E-state index contributed by atoms with van der Waals surface area (Å²) < 4.78 is 8.97. The first-order valence-corrected chi connectivity index (χ1v) is 12.7. The molecule has 0 radical (unpaired) electrons. The lowest BCUT2D eigenvalue weighted by atomic mass is 9.98. The third-order valence-electron chi connectivity index (χ3n) is 7.27. The maximum absolute atomic E-state index is 6.83. The largest absolute Gasteiger partial charge is 0.455 e. The maximum atomic E-state index is 6.83. The molecule has 3 aromatic heterocycles. The molecular weight excluding hydrogens is 466 g/mol. The molecule has 0 atom stereocenters. The Balaban J connectivity index is 1.51. The fourth-order valence-electron chi connectivity index (χ4n) is 5.58. The molecule has 5 aromatic carbocycles. The normalized spacial score (nSPS) is 11.7. The van der Waals surface area contributed by atoms with E-state index in [0.29, 0.717) is 5.95 Å². The highest BCUT2D eigenvalue weighted by molar-refractivity contribution is 6.22. The van der Waals surface area contributed by atoms with E-state index in [-0.39, 0.29) is 0 Å². The zero-order valence-electron chi connectivity index (χ0n) is 20.4. The molecule has 0 unspecified atom stereocenters. The van der Waals surface area contributed by atoms with Gasteiger partial charge in [0.05, 0.1) is 21.9 Å². The standard InChI is InChI=1S/C34H21N3O/c1-3-11-22(12-4-1)30-26-19-20-29-31(33(26)38-32(30)23-13-5-2-6-14-23)25-16-8-10-18-28(25)37(29)34-35-21-24-15-7-9-17-27(24)36-34/h1-21H. The number of benzene rings is 5. The lowest BCUT2D eigenvalue weighted by molar-refractivity contribution is 0.636. The molecule has 0 aliphatic heterocycles. The fourth-order valence-corrected chi connectivity index (χ4v) is 5.58. The van der Waals surface area contributed by atoms with Crippen LogP contribution in [0.5, 0.6) is 0 Å². The number of para-hydroxylation sites is 2. The van der Waals surface area contributed by atoms with Gasteiger partial charge < -0.3 is 4.42 Å². The summed E-state index contributed by atoms with van der Waals surface area (Å²) in [6.45, 7) is 0. The minimum absolute atomic E-state index is 0.646. The molecular formula is C34H21N3O. The highest BCUT2D eigenvalue weighted by atomic mass is 16.3. The lowest BCUT2D eigenvalue weighted by Crippen LogP contribution is -2.00. The van der Waals surface area contributed by atoms with Gasteiger partial charge >= 0.3 is 0 Å². The Labute approximate surface area is 218 Å². The van der Waals surface area contributed by atoms with Gasteiger partial charge in [0.15, 0.2) is 0 Å². The van der Waals surface area contributed by atoms with E-state index in [1.807, 2.05) is 42.6 Å². The zero-order valence-corrected chi connectivity index (χ0v) is 20.4. The first kappa shape index (κ1) is 20.9. The van der Waals surface area contributed by atoms with Crippen molar-refractivity contribution in [3.63, 3.8) is 0 Å². The van der Waals surface area contributed by atoms with Gasteiger partial charge in [-0.1, -0.05) is 97.1 Å². The van der Waals surface area contributed by atoms with Crippen LogP contribution in [-0.2, 0) is 0 Å². The predicted octanol–water partition coefficient (Wildman–Crippen LogP) is 8.81. The van der Waals surface area contributed by atoms with Crippen LogP contribution in [-0.4, -0.2) is 14.5 Å². The first-order valence-electron chi connectivity index (χ1n) is 12.7. The maximum Gasteiger partial charge on any atom is 0.235 e. The first-order chi connectivity index (χ1) is 18.9. The van der Waals surface area contributed by atoms with Gasteiger partial charge in [0.1, 0.15) is 11.3 Å². The van der Waals surface area contributed by atoms with Crippen LogP contribution in [0.2, 0.25) is 0 Å². The third kappa shape index (κ3) is 3.04.